The van der Waals surface area contributed by atoms with Crippen molar-refractivity contribution in [1.29, 1.82) is 0 Å². The third-order valence-corrected chi connectivity index (χ3v) is 3.25. The fourth-order valence-corrected chi connectivity index (χ4v) is 2.03. The number of halogens is 1. The van der Waals surface area contributed by atoms with E-state index in [0.29, 0.717) is 10.8 Å². The van der Waals surface area contributed by atoms with Crippen LogP contribution in [0.1, 0.15) is 12.8 Å². The summed E-state index contributed by atoms with van der Waals surface area (Å²) in [6, 6.07) is 6.35. The van der Waals surface area contributed by atoms with Gasteiger partial charge < -0.3 is 21.0 Å². The second kappa shape index (κ2) is 6.47. The van der Waals surface area contributed by atoms with Crippen molar-refractivity contribution >= 4 is 23.3 Å². The molecule has 7 heteroatoms. The summed E-state index contributed by atoms with van der Waals surface area (Å²) >= 11 is 5.81. The molecule has 1 unspecified atom stereocenters. The highest BCUT2D eigenvalue weighted by molar-refractivity contribution is 6.30. The summed E-state index contributed by atoms with van der Waals surface area (Å²) in [6.45, 7) is -0.151. The maximum atomic E-state index is 11.8. The predicted molar refractivity (Wildman–Crippen MR) is 75.0 cm³/mol. The molecular weight excluding hydrogens is 282 g/mol. The first-order valence-electron chi connectivity index (χ1n) is 6.25. The van der Waals surface area contributed by atoms with Gasteiger partial charge in [-0.05, 0) is 37.0 Å². The molecule has 0 aliphatic heterocycles. The van der Waals surface area contributed by atoms with Gasteiger partial charge >= 0.3 is 0 Å². The molecule has 6 nitrogen and oxygen atoms in total. The van der Waals surface area contributed by atoms with Gasteiger partial charge in [0.05, 0.1) is 6.04 Å². The maximum absolute atomic E-state index is 11.8. The standard InChI is InChI=1S/C13H16ClN3O3/c14-9-2-1-3-10(6-9)20-7-11(18)16-12(8-4-5-8)13(15)17-19/h1-3,6,8,12,19H,4-5,7H2,(H2,15,17)(H,16,18). The summed E-state index contributed by atoms with van der Waals surface area (Å²) in [5.74, 6) is 0.442. The summed E-state index contributed by atoms with van der Waals surface area (Å²) in [5, 5.41) is 14.9. The largest absolute Gasteiger partial charge is 0.484 e. The molecule has 4 N–H and O–H groups in total. The Morgan fingerprint density at radius 3 is 2.95 bits per heavy atom. The van der Waals surface area contributed by atoms with E-state index in [1.165, 1.54) is 0 Å². The number of rotatable bonds is 6. The zero-order valence-corrected chi connectivity index (χ0v) is 11.5. The third-order valence-electron chi connectivity index (χ3n) is 3.01. The topological polar surface area (TPSA) is 96.9 Å². The molecule has 2 rings (SSSR count). The number of nitrogens with zero attached hydrogens (tertiary/aromatic N) is 1. The Hall–Kier alpha value is -1.95. The van der Waals surface area contributed by atoms with Crippen molar-refractivity contribution in [1.82, 2.24) is 5.32 Å². The molecule has 0 radical (unpaired) electrons. The number of amidine groups is 1. The lowest BCUT2D eigenvalue weighted by molar-refractivity contribution is -0.123. The van der Waals surface area contributed by atoms with Gasteiger partial charge in [0, 0.05) is 5.02 Å². The molecule has 1 aromatic carbocycles. The number of amides is 1. The smallest absolute Gasteiger partial charge is 0.258 e. The lowest BCUT2D eigenvalue weighted by Gasteiger charge is -2.16. The van der Waals surface area contributed by atoms with Gasteiger partial charge in [-0.15, -0.1) is 0 Å². The SMILES string of the molecule is NC(=NO)C(NC(=O)COc1cccc(Cl)c1)C1CC1. The van der Waals surface area contributed by atoms with Gasteiger partial charge in [-0.1, -0.05) is 22.8 Å². The van der Waals surface area contributed by atoms with Crippen LogP contribution in [-0.4, -0.2) is 29.6 Å². The van der Waals surface area contributed by atoms with Crippen molar-refractivity contribution in [3.63, 3.8) is 0 Å². The van der Waals surface area contributed by atoms with Crippen LogP contribution in [0.3, 0.4) is 0 Å². The molecule has 0 spiro atoms. The first kappa shape index (κ1) is 14.5. The van der Waals surface area contributed by atoms with Gasteiger partial charge in [0.25, 0.3) is 5.91 Å². The Kier molecular flexibility index (Phi) is 4.68. The highest BCUT2D eigenvalue weighted by atomic mass is 35.5. The Balaban J connectivity index is 1.85. The molecule has 0 saturated heterocycles. The van der Waals surface area contributed by atoms with Crippen LogP contribution in [0.15, 0.2) is 29.4 Å². The van der Waals surface area contributed by atoms with Crippen LogP contribution in [0.2, 0.25) is 5.02 Å². The number of nitrogens with one attached hydrogen (secondary N) is 1. The molecular formula is C13H16ClN3O3. The Labute approximate surface area is 121 Å². The Morgan fingerprint density at radius 2 is 2.35 bits per heavy atom. The van der Waals surface area contributed by atoms with E-state index in [1.807, 2.05) is 0 Å². The summed E-state index contributed by atoms with van der Waals surface area (Å²) in [7, 11) is 0. The van der Waals surface area contributed by atoms with Crippen LogP contribution in [0.5, 0.6) is 5.75 Å². The van der Waals surface area contributed by atoms with Crippen molar-refractivity contribution in [3.05, 3.63) is 29.3 Å². The van der Waals surface area contributed by atoms with Gasteiger partial charge in [0.1, 0.15) is 5.75 Å². The number of nitrogens with two attached hydrogens (primary N) is 1. The van der Waals surface area contributed by atoms with Gasteiger partial charge in [-0.3, -0.25) is 4.79 Å². The van der Waals surface area contributed by atoms with Gasteiger partial charge in [0.2, 0.25) is 0 Å². The number of hydrogen-bond donors (Lipinski definition) is 3. The maximum Gasteiger partial charge on any atom is 0.258 e. The molecule has 1 atom stereocenters. The molecule has 1 aliphatic rings. The monoisotopic (exact) mass is 297 g/mol. The van der Waals surface area contributed by atoms with Gasteiger partial charge in [-0.25, -0.2) is 0 Å². The molecule has 20 heavy (non-hydrogen) atoms. The van der Waals surface area contributed by atoms with Crippen LogP contribution >= 0.6 is 11.6 Å². The number of carbonyl (C=O) groups is 1. The minimum atomic E-state index is -0.435. The van der Waals surface area contributed by atoms with Crippen LogP contribution in [0.25, 0.3) is 0 Å². The number of ether oxygens (including phenoxy) is 1. The van der Waals surface area contributed by atoms with E-state index in [-0.39, 0.29) is 24.3 Å². The summed E-state index contributed by atoms with van der Waals surface area (Å²) in [6.07, 6.45) is 1.91. The van der Waals surface area contributed by atoms with Crippen LogP contribution < -0.4 is 15.8 Å². The van der Waals surface area contributed by atoms with Crippen molar-refractivity contribution in [2.45, 2.75) is 18.9 Å². The van der Waals surface area contributed by atoms with Crippen LogP contribution in [0.4, 0.5) is 0 Å². The highest BCUT2D eigenvalue weighted by Crippen LogP contribution is 2.32. The molecule has 1 amide bonds. The van der Waals surface area contributed by atoms with Gasteiger partial charge in [0.15, 0.2) is 12.4 Å². The summed E-state index contributed by atoms with van der Waals surface area (Å²) in [5.41, 5.74) is 5.56. The first-order valence-corrected chi connectivity index (χ1v) is 6.63. The summed E-state index contributed by atoms with van der Waals surface area (Å²) in [4.78, 5) is 11.8. The lowest BCUT2D eigenvalue weighted by Crippen LogP contribution is -2.47. The number of carbonyl (C=O) groups excluding carboxylic acids is 1. The molecule has 1 aliphatic carbocycles. The fourth-order valence-electron chi connectivity index (χ4n) is 1.85. The van der Waals surface area contributed by atoms with E-state index in [1.54, 1.807) is 24.3 Å². The molecule has 0 heterocycles. The fraction of sp³-hybridized carbons (Fsp3) is 0.385. The minimum Gasteiger partial charge on any atom is -0.484 e. The number of hydrogen-bond acceptors (Lipinski definition) is 4. The molecule has 108 valence electrons. The molecule has 0 aromatic heterocycles. The molecule has 1 fully saturated rings. The van der Waals surface area contributed by atoms with Gasteiger partial charge in [-0.2, -0.15) is 0 Å². The first-order chi connectivity index (χ1) is 9.60. The zero-order chi connectivity index (χ0) is 14.5. The van der Waals surface area contributed by atoms with Crippen LogP contribution in [-0.2, 0) is 4.79 Å². The zero-order valence-electron chi connectivity index (χ0n) is 10.8. The van der Waals surface area contributed by atoms with E-state index in [9.17, 15) is 4.79 Å². The summed E-state index contributed by atoms with van der Waals surface area (Å²) < 4.78 is 5.32. The minimum absolute atomic E-state index is 0.0172. The second-order valence-corrected chi connectivity index (χ2v) is 5.09. The predicted octanol–water partition coefficient (Wildman–Crippen LogP) is 1.36. The average Bonchev–Trinajstić information content (AvgIpc) is 3.26. The van der Waals surface area contributed by atoms with Crippen molar-refractivity contribution in [3.8, 4) is 5.75 Å². The molecule has 1 saturated carbocycles. The Bertz CT molecular complexity index is 517. The normalized spacial score (nSPS) is 16.6. The van der Waals surface area contributed by atoms with E-state index in [2.05, 4.69) is 10.5 Å². The highest BCUT2D eigenvalue weighted by Gasteiger charge is 2.35. The third kappa shape index (κ3) is 4.03. The van der Waals surface area contributed by atoms with E-state index >= 15 is 0 Å². The van der Waals surface area contributed by atoms with Crippen molar-refractivity contribution in [2.75, 3.05) is 6.61 Å². The molecule has 1 aromatic rings. The van der Waals surface area contributed by atoms with E-state index in [4.69, 9.17) is 27.3 Å². The van der Waals surface area contributed by atoms with E-state index < -0.39 is 6.04 Å². The number of benzene rings is 1. The average molecular weight is 298 g/mol. The lowest BCUT2D eigenvalue weighted by atomic mass is 10.1. The van der Waals surface area contributed by atoms with Crippen molar-refractivity contribution in [2.24, 2.45) is 16.8 Å². The van der Waals surface area contributed by atoms with E-state index in [0.717, 1.165) is 12.8 Å². The Morgan fingerprint density at radius 1 is 1.60 bits per heavy atom. The van der Waals surface area contributed by atoms with Crippen molar-refractivity contribution < 1.29 is 14.7 Å². The second-order valence-electron chi connectivity index (χ2n) is 4.65. The molecule has 0 bridgehead atoms. The van der Waals surface area contributed by atoms with Crippen LogP contribution in [0, 0.1) is 5.92 Å². The quantitative estimate of drug-likeness (QED) is 0.320. The number of oxime groups is 1.